The van der Waals surface area contributed by atoms with E-state index in [2.05, 4.69) is 35.7 Å². The highest BCUT2D eigenvalue weighted by Gasteiger charge is 2.36. The molecule has 0 spiro atoms. The fourth-order valence-corrected chi connectivity index (χ4v) is 6.24. The van der Waals surface area contributed by atoms with E-state index in [4.69, 9.17) is 4.98 Å². The number of hydrogen-bond donors (Lipinski definition) is 1. The SMILES string of the molecule is O=C(CCc1ccccc1)NC1CCN(C(=O)C2CC=CCC2c2nc3ccccc3s2)CC1. The van der Waals surface area contributed by atoms with Gasteiger partial charge in [-0.2, -0.15) is 0 Å². The van der Waals surface area contributed by atoms with Crippen molar-refractivity contribution >= 4 is 33.4 Å². The molecule has 1 aliphatic heterocycles. The Balaban J connectivity index is 1.15. The molecule has 2 aromatic carbocycles. The van der Waals surface area contributed by atoms with Crippen molar-refractivity contribution < 1.29 is 9.59 Å². The third kappa shape index (κ3) is 5.22. The summed E-state index contributed by atoms with van der Waals surface area (Å²) in [4.78, 5) is 32.8. The van der Waals surface area contributed by atoms with Gasteiger partial charge in [-0.3, -0.25) is 9.59 Å². The number of carbonyl (C=O) groups is 2. The maximum Gasteiger partial charge on any atom is 0.226 e. The zero-order valence-electron chi connectivity index (χ0n) is 19.4. The van der Waals surface area contributed by atoms with E-state index in [9.17, 15) is 9.59 Å². The molecule has 34 heavy (non-hydrogen) atoms. The van der Waals surface area contributed by atoms with Gasteiger partial charge in [0.25, 0.3) is 0 Å². The molecule has 6 heteroatoms. The molecular weight excluding hydrogens is 442 g/mol. The number of fused-ring (bicyclic) bond motifs is 1. The predicted octanol–water partition coefficient (Wildman–Crippen LogP) is 5.09. The first kappa shape index (κ1) is 22.8. The van der Waals surface area contributed by atoms with Crippen LogP contribution in [0.5, 0.6) is 0 Å². The molecule has 2 atom stereocenters. The summed E-state index contributed by atoms with van der Waals surface area (Å²) in [5.74, 6) is 0.428. The van der Waals surface area contributed by atoms with Crippen molar-refractivity contribution in [1.29, 1.82) is 0 Å². The van der Waals surface area contributed by atoms with Gasteiger partial charge in [0.15, 0.2) is 0 Å². The van der Waals surface area contributed by atoms with Crippen LogP contribution in [0.1, 0.15) is 48.6 Å². The first-order valence-corrected chi connectivity index (χ1v) is 13.1. The molecule has 2 unspecified atom stereocenters. The fourth-order valence-electron chi connectivity index (χ4n) is 5.09. The quantitative estimate of drug-likeness (QED) is 0.508. The van der Waals surface area contributed by atoms with Crippen LogP contribution >= 0.6 is 11.3 Å². The number of aryl methyl sites for hydroxylation is 1. The average Bonchev–Trinajstić information content (AvgIpc) is 3.32. The predicted molar refractivity (Wildman–Crippen MR) is 137 cm³/mol. The second kappa shape index (κ2) is 10.5. The van der Waals surface area contributed by atoms with Crippen LogP contribution < -0.4 is 5.32 Å². The van der Waals surface area contributed by atoms with Gasteiger partial charge >= 0.3 is 0 Å². The molecule has 2 amide bonds. The van der Waals surface area contributed by atoms with E-state index in [0.717, 1.165) is 42.6 Å². The van der Waals surface area contributed by atoms with E-state index in [1.807, 2.05) is 41.3 Å². The number of aromatic nitrogens is 1. The van der Waals surface area contributed by atoms with Crippen LogP contribution in [0.2, 0.25) is 0 Å². The molecule has 1 aliphatic carbocycles. The van der Waals surface area contributed by atoms with Gasteiger partial charge in [-0.25, -0.2) is 4.98 Å². The Labute approximate surface area is 204 Å². The molecule has 0 radical (unpaired) electrons. The van der Waals surface area contributed by atoms with Gasteiger partial charge in [-0.15, -0.1) is 11.3 Å². The third-order valence-electron chi connectivity index (χ3n) is 7.03. The van der Waals surface area contributed by atoms with Crippen LogP contribution in [-0.4, -0.2) is 40.8 Å². The summed E-state index contributed by atoms with van der Waals surface area (Å²) < 4.78 is 1.18. The molecule has 0 saturated carbocycles. The lowest BCUT2D eigenvalue weighted by Gasteiger charge is -2.36. The van der Waals surface area contributed by atoms with Crippen molar-refractivity contribution in [1.82, 2.24) is 15.2 Å². The van der Waals surface area contributed by atoms with Crippen molar-refractivity contribution in [2.24, 2.45) is 5.92 Å². The third-order valence-corrected chi connectivity index (χ3v) is 8.20. The van der Waals surface area contributed by atoms with Gasteiger partial charge in [-0.1, -0.05) is 54.6 Å². The maximum atomic E-state index is 13.5. The Morgan fingerprint density at radius 1 is 0.971 bits per heavy atom. The van der Waals surface area contributed by atoms with Gasteiger partial charge < -0.3 is 10.2 Å². The van der Waals surface area contributed by atoms with Crippen LogP contribution in [0.4, 0.5) is 0 Å². The number of para-hydroxylation sites is 1. The molecule has 2 heterocycles. The molecule has 0 bridgehead atoms. The minimum atomic E-state index is -0.0532. The smallest absolute Gasteiger partial charge is 0.226 e. The van der Waals surface area contributed by atoms with Gasteiger partial charge in [-0.05, 0) is 49.8 Å². The van der Waals surface area contributed by atoms with Crippen LogP contribution in [0.3, 0.4) is 0 Å². The lowest BCUT2D eigenvalue weighted by atomic mass is 9.82. The van der Waals surface area contributed by atoms with Crippen molar-refractivity contribution in [3.05, 3.63) is 77.3 Å². The second-order valence-electron chi connectivity index (χ2n) is 9.33. The summed E-state index contributed by atoms with van der Waals surface area (Å²) in [6, 6.07) is 18.5. The number of nitrogens with zero attached hydrogens (tertiary/aromatic N) is 2. The van der Waals surface area contributed by atoms with Crippen LogP contribution in [0, 0.1) is 5.92 Å². The Hall–Kier alpha value is -2.99. The number of rotatable bonds is 6. The molecule has 2 aliphatic rings. The number of carbonyl (C=O) groups excluding carboxylic acids is 2. The molecule has 5 nitrogen and oxygen atoms in total. The topological polar surface area (TPSA) is 62.3 Å². The zero-order valence-corrected chi connectivity index (χ0v) is 20.2. The van der Waals surface area contributed by atoms with E-state index in [1.165, 1.54) is 10.3 Å². The number of amides is 2. The highest BCUT2D eigenvalue weighted by Crippen LogP contribution is 2.39. The molecule has 176 valence electrons. The number of benzene rings is 2. The molecule has 5 rings (SSSR count). The molecule has 3 aromatic rings. The standard InChI is InChI=1S/C28H31N3O2S/c32-26(15-14-20-8-2-1-3-9-20)29-21-16-18-31(19-17-21)28(33)23-11-5-4-10-22(23)27-30-24-12-6-7-13-25(24)34-27/h1-9,12-13,21-23H,10-11,14-19H2,(H,29,32). The van der Waals surface area contributed by atoms with E-state index >= 15 is 0 Å². The number of nitrogens with one attached hydrogen (secondary N) is 1. The molecule has 1 aromatic heterocycles. The van der Waals surface area contributed by atoms with Crippen LogP contribution in [0.15, 0.2) is 66.7 Å². The van der Waals surface area contributed by atoms with Crippen molar-refractivity contribution in [3.63, 3.8) is 0 Å². The highest BCUT2D eigenvalue weighted by molar-refractivity contribution is 7.18. The lowest BCUT2D eigenvalue weighted by Crippen LogP contribution is -2.48. The molecule has 1 saturated heterocycles. The molecular formula is C28H31N3O2S. The van der Waals surface area contributed by atoms with Crippen molar-refractivity contribution in [3.8, 4) is 0 Å². The lowest BCUT2D eigenvalue weighted by molar-refractivity contribution is -0.137. The highest BCUT2D eigenvalue weighted by atomic mass is 32.1. The largest absolute Gasteiger partial charge is 0.353 e. The second-order valence-corrected chi connectivity index (χ2v) is 10.4. The van der Waals surface area contributed by atoms with Gasteiger partial charge in [0.2, 0.25) is 11.8 Å². The fraction of sp³-hybridized carbons (Fsp3) is 0.393. The average molecular weight is 474 g/mol. The number of piperidine rings is 1. The van der Waals surface area contributed by atoms with E-state index < -0.39 is 0 Å². The van der Waals surface area contributed by atoms with E-state index in [1.54, 1.807) is 11.3 Å². The summed E-state index contributed by atoms with van der Waals surface area (Å²) in [6.45, 7) is 1.41. The Bertz CT molecular complexity index is 1130. The first-order valence-electron chi connectivity index (χ1n) is 12.3. The van der Waals surface area contributed by atoms with Crippen molar-refractivity contribution in [2.75, 3.05) is 13.1 Å². The van der Waals surface area contributed by atoms with Gasteiger partial charge in [0.05, 0.1) is 21.1 Å². The summed E-state index contributed by atoms with van der Waals surface area (Å²) in [7, 11) is 0. The Morgan fingerprint density at radius 3 is 2.50 bits per heavy atom. The minimum absolute atomic E-state index is 0.0532. The van der Waals surface area contributed by atoms with Gasteiger partial charge in [0, 0.05) is 31.5 Å². The number of likely N-dealkylation sites (tertiary alicyclic amines) is 1. The number of thiazole rings is 1. The van der Waals surface area contributed by atoms with E-state index in [-0.39, 0.29) is 29.7 Å². The normalized spacial score (nSPS) is 21.0. The van der Waals surface area contributed by atoms with Crippen LogP contribution in [0.25, 0.3) is 10.2 Å². The minimum Gasteiger partial charge on any atom is -0.353 e. The zero-order chi connectivity index (χ0) is 23.3. The summed E-state index contributed by atoms with van der Waals surface area (Å²) >= 11 is 1.72. The summed E-state index contributed by atoms with van der Waals surface area (Å²) in [6.07, 6.45) is 8.87. The van der Waals surface area contributed by atoms with Crippen LogP contribution in [-0.2, 0) is 16.0 Å². The maximum absolute atomic E-state index is 13.5. The van der Waals surface area contributed by atoms with Crippen molar-refractivity contribution in [2.45, 2.75) is 50.5 Å². The first-order chi connectivity index (χ1) is 16.7. The number of hydrogen-bond acceptors (Lipinski definition) is 4. The summed E-state index contributed by atoms with van der Waals surface area (Å²) in [5, 5.41) is 4.25. The molecule has 1 fully saturated rings. The van der Waals surface area contributed by atoms with E-state index in [0.29, 0.717) is 19.5 Å². The van der Waals surface area contributed by atoms with Gasteiger partial charge in [0.1, 0.15) is 0 Å². The summed E-state index contributed by atoms with van der Waals surface area (Å²) in [5.41, 5.74) is 2.20. The number of allylic oxidation sites excluding steroid dienone is 2. The Morgan fingerprint density at radius 2 is 1.71 bits per heavy atom. The molecule has 1 N–H and O–H groups in total. The Kier molecular flexibility index (Phi) is 7.05. The monoisotopic (exact) mass is 473 g/mol.